The van der Waals surface area contributed by atoms with Gasteiger partial charge in [0.1, 0.15) is 10.8 Å². The molecule has 0 atom stereocenters. The smallest absolute Gasteiger partial charge is 0.149 e. The maximum atomic E-state index is 5.57. The lowest BCUT2D eigenvalue weighted by atomic mass is 10.4. The molecule has 0 unspecified atom stereocenters. The van der Waals surface area contributed by atoms with Crippen LogP contribution in [0.3, 0.4) is 0 Å². The fourth-order valence-electron chi connectivity index (χ4n) is 0.498. The van der Waals surface area contributed by atoms with Crippen LogP contribution in [-0.2, 0) is 0 Å². The van der Waals surface area contributed by atoms with Crippen molar-refractivity contribution < 1.29 is 0 Å². The quantitative estimate of drug-likeness (QED) is 0.432. The minimum atomic E-state index is 0.247. The van der Waals surface area contributed by atoms with Crippen molar-refractivity contribution in [1.29, 1.82) is 0 Å². The number of pyridine rings is 1. The molecule has 0 saturated heterocycles. The van der Waals surface area contributed by atoms with Crippen LogP contribution >= 0.6 is 23.2 Å². The lowest BCUT2D eigenvalue weighted by molar-refractivity contribution is 1.29. The van der Waals surface area contributed by atoms with Gasteiger partial charge in [0.25, 0.3) is 0 Å². The Hall–Kier alpha value is -0.710. The summed E-state index contributed by atoms with van der Waals surface area (Å²) in [5.41, 5.74) is 0.495. The van der Waals surface area contributed by atoms with Gasteiger partial charge in [0, 0.05) is 0 Å². The molecule has 0 fully saturated rings. The molecule has 0 aliphatic rings. The zero-order valence-corrected chi connectivity index (χ0v) is 6.45. The summed E-state index contributed by atoms with van der Waals surface area (Å²) in [6, 6.07) is 3.25. The number of hydrogen-bond acceptors (Lipinski definition) is 1. The van der Waals surface area contributed by atoms with Gasteiger partial charge in [-0.15, -0.1) is 6.42 Å². The molecule has 0 saturated carbocycles. The van der Waals surface area contributed by atoms with E-state index < -0.39 is 0 Å². The molecular formula is C7H3Cl2N. The molecule has 1 aromatic heterocycles. The Morgan fingerprint density at radius 2 is 2.10 bits per heavy atom. The van der Waals surface area contributed by atoms with E-state index in [1.807, 2.05) is 0 Å². The molecule has 0 aliphatic carbocycles. The van der Waals surface area contributed by atoms with Crippen molar-refractivity contribution in [3.05, 3.63) is 28.0 Å². The third-order valence-electron chi connectivity index (χ3n) is 0.951. The van der Waals surface area contributed by atoms with E-state index in [9.17, 15) is 0 Å². The molecule has 0 spiro atoms. The van der Waals surface area contributed by atoms with E-state index >= 15 is 0 Å². The molecule has 0 radical (unpaired) electrons. The average Bonchev–Trinajstić information content (AvgIpc) is 1.95. The second-order valence-corrected chi connectivity index (χ2v) is 2.38. The van der Waals surface area contributed by atoms with Crippen LogP contribution in [0.15, 0.2) is 12.1 Å². The second-order valence-electron chi connectivity index (χ2n) is 1.61. The molecule has 50 valence electrons. The predicted octanol–water partition coefficient (Wildman–Crippen LogP) is 2.37. The monoisotopic (exact) mass is 171 g/mol. The Morgan fingerprint density at radius 1 is 1.40 bits per heavy atom. The molecule has 1 nitrogen and oxygen atoms in total. The van der Waals surface area contributed by atoms with Crippen LogP contribution < -0.4 is 0 Å². The van der Waals surface area contributed by atoms with Crippen LogP contribution in [0.25, 0.3) is 0 Å². The SMILES string of the molecule is C#Cc1ccc(Cl)c(Cl)n1. The average molecular weight is 172 g/mol. The van der Waals surface area contributed by atoms with E-state index in [2.05, 4.69) is 10.9 Å². The lowest BCUT2D eigenvalue weighted by Crippen LogP contribution is -1.81. The van der Waals surface area contributed by atoms with Gasteiger partial charge in [-0.2, -0.15) is 0 Å². The van der Waals surface area contributed by atoms with Gasteiger partial charge in [-0.1, -0.05) is 29.1 Å². The third kappa shape index (κ3) is 1.41. The van der Waals surface area contributed by atoms with Crippen LogP contribution in [0.1, 0.15) is 5.69 Å². The normalized spacial score (nSPS) is 8.90. The van der Waals surface area contributed by atoms with Gasteiger partial charge < -0.3 is 0 Å². The van der Waals surface area contributed by atoms with Gasteiger partial charge >= 0.3 is 0 Å². The Morgan fingerprint density at radius 3 is 2.60 bits per heavy atom. The first-order valence-electron chi connectivity index (χ1n) is 2.52. The van der Waals surface area contributed by atoms with E-state index in [1.165, 1.54) is 0 Å². The Labute approximate surface area is 69.0 Å². The summed E-state index contributed by atoms with van der Waals surface area (Å²) in [6.45, 7) is 0. The first-order valence-corrected chi connectivity index (χ1v) is 3.28. The van der Waals surface area contributed by atoms with Crippen LogP contribution in [0.5, 0.6) is 0 Å². The summed E-state index contributed by atoms with van der Waals surface area (Å²) in [4.78, 5) is 3.79. The van der Waals surface area contributed by atoms with Crippen LogP contribution in [0.2, 0.25) is 10.2 Å². The van der Waals surface area contributed by atoms with Gasteiger partial charge in [-0.05, 0) is 12.1 Å². The molecule has 10 heavy (non-hydrogen) atoms. The molecule has 0 aromatic carbocycles. The number of rotatable bonds is 0. The largest absolute Gasteiger partial charge is 0.226 e. The molecule has 3 heteroatoms. The number of terminal acetylenes is 1. The Kier molecular flexibility index (Phi) is 2.16. The highest BCUT2D eigenvalue weighted by atomic mass is 35.5. The highest BCUT2D eigenvalue weighted by Gasteiger charge is 1.97. The molecule has 0 amide bonds. The fourth-order valence-corrected chi connectivity index (χ4v) is 0.757. The molecule has 1 aromatic rings. The van der Waals surface area contributed by atoms with Crippen molar-refractivity contribution in [1.82, 2.24) is 4.98 Å². The van der Waals surface area contributed by atoms with Gasteiger partial charge in [-0.3, -0.25) is 0 Å². The number of aromatic nitrogens is 1. The molecule has 1 heterocycles. The lowest BCUT2D eigenvalue weighted by Gasteiger charge is -1.92. The van der Waals surface area contributed by atoms with E-state index in [4.69, 9.17) is 29.6 Å². The maximum Gasteiger partial charge on any atom is 0.149 e. The summed E-state index contributed by atoms with van der Waals surface area (Å²) in [6.07, 6.45) is 5.05. The first-order chi connectivity index (χ1) is 4.74. The van der Waals surface area contributed by atoms with Crippen molar-refractivity contribution in [2.45, 2.75) is 0 Å². The zero-order chi connectivity index (χ0) is 7.56. The minimum Gasteiger partial charge on any atom is -0.226 e. The number of halogens is 2. The topological polar surface area (TPSA) is 12.9 Å². The van der Waals surface area contributed by atoms with E-state index in [0.717, 1.165) is 0 Å². The van der Waals surface area contributed by atoms with Crippen molar-refractivity contribution in [2.75, 3.05) is 0 Å². The molecule has 0 bridgehead atoms. The van der Waals surface area contributed by atoms with Gasteiger partial charge in [0.05, 0.1) is 5.02 Å². The summed E-state index contributed by atoms with van der Waals surface area (Å²) in [5.74, 6) is 2.34. The summed E-state index contributed by atoms with van der Waals surface area (Å²) >= 11 is 11.1. The summed E-state index contributed by atoms with van der Waals surface area (Å²) in [5, 5.41) is 0.665. The van der Waals surface area contributed by atoms with Gasteiger partial charge in [0.2, 0.25) is 0 Å². The summed E-state index contributed by atoms with van der Waals surface area (Å²) in [7, 11) is 0. The van der Waals surface area contributed by atoms with Crippen LogP contribution in [0, 0.1) is 12.3 Å². The van der Waals surface area contributed by atoms with Crippen molar-refractivity contribution in [3.8, 4) is 12.3 Å². The molecule has 0 N–H and O–H groups in total. The van der Waals surface area contributed by atoms with Gasteiger partial charge in [0.15, 0.2) is 0 Å². The number of hydrogen-bond donors (Lipinski definition) is 0. The highest BCUT2D eigenvalue weighted by molar-refractivity contribution is 6.41. The van der Waals surface area contributed by atoms with E-state index in [1.54, 1.807) is 12.1 Å². The standard InChI is InChI=1S/C7H3Cl2N/c1-2-5-3-4-6(8)7(9)10-5/h1,3-4H. The third-order valence-corrected chi connectivity index (χ3v) is 1.64. The van der Waals surface area contributed by atoms with E-state index in [-0.39, 0.29) is 5.15 Å². The molecular weight excluding hydrogens is 169 g/mol. The van der Waals surface area contributed by atoms with Crippen LogP contribution in [-0.4, -0.2) is 4.98 Å². The Bertz CT molecular complexity index is 288. The van der Waals surface area contributed by atoms with Crippen LogP contribution in [0.4, 0.5) is 0 Å². The zero-order valence-electron chi connectivity index (χ0n) is 4.94. The van der Waals surface area contributed by atoms with Crippen molar-refractivity contribution in [3.63, 3.8) is 0 Å². The highest BCUT2D eigenvalue weighted by Crippen LogP contribution is 2.18. The second kappa shape index (κ2) is 2.92. The van der Waals surface area contributed by atoms with Crippen molar-refractivity contribution >= 4 is 23.2 Å². The first kappa shape index (κ1) is 7.40. The van der Waals surface area contributed by atoms with Gasteiger partial charge in [-0.25, -0.2) is 4.98 Å². The van der Waals surface area contributed by atoms with E-state index in [0.29, 0.717) is 10.7 Å². The Balaban J connectivity index is 3.20. The van der Waals surface area contributed by atoms with Crippen molar-refractivity contribution in [2.24, 2.45) is 0 Å². The predicted molar refractivity (Wildman–Crippen MR) is 42.2 cm³/mol. The molecule has 1 rings (SSSR count). The maximum absolute atomic E-state index is 5.57. The number of nitrogens with zero attached hydrogens (tertiary/aromatic N) is 1. The minimum absolute atomic E-state index is 0.247. The summed E-state index contributed by atoms with van der Waals surface area (Å²) < 4.78 is 0. The molecule has 0 aliphatic heterocycles. The fraction of sp³-hybridized carbons (Fsp3) is 0.